The van der Waals surface area contributed by atoms with Crippen molar-refractivity contribution in [1.29, 1.82) is 0 Å². The van der Waals surface area contributed by atoms with Gasteiger partial charge in [-0.15, -0.1) is 0 Å². The van der Waals surface area contributed by atoms with Crippen molar-refractivity contribution in [3.05, 3.63) is 134 Å². The highest BCUT2D eigenvalue weighted by atomic mass is 35.5. The van der Waals surface area contributed by atoms with E-state index in [2.05, 4.69) is 0 Å². The fourth-order valence-electron chi connectivity index (χ4n) is 4.83. The third-order valence-corrected chi connectivity index (χ3v) is 9.42. The quantitative estimate of drug-likeness (QED) is 0.141. The first kappa shape index (κ1) is 31.3. The number of anilines is 1. The second kappa shape index (κ2) is 12.8. The van der Waals surface area contributed by atoms with Crippen molar-refractivity contribution in [3.8, 4) is 0 Å². The summed E-state index contributed by atoms with van der Waals surface area (Å²) in [5.74, 6) is -0.533. The van der Waals surface area contributed by atoms with Gasteiger partial charge in [-0.25, -0.2) is 13.2 Å². The van der Waals surface area contributed by atoms with Crippen molar-refractivity contribution in [3.63, 3.8) is 0 Å². The van der Waals surface area contributed by atoms with Crippen LogP contribution in [0.3, 0.4) is 0 Å². The Labute approximate surface area is 265 Å². The van der Waals surface area contributed by atoms with Gasteiger partial charge in [0.1, 0.15) is 11.5 Å². The lowest BCUT2D eigenvalue weighted by Gasteiger charge is -2.21. The van der Waals surface area contributed by atoms with Gasteiger partial charge in [-0.1, -0.05) is 53.0 Å². The van der Waals surface area contributed by atoms with E-state index in [1.165, 1.54) is 22.4 Å². The van der Waals surface area contributed by atoms with Gasteiger partial charge in [0.15, 0.2) is 0 Å². The molecule has 4 aromatic rings. The number of carbonyl (C=O) groups excluding carboxylic acids is 2. The summed E-state index contributed by atoms with van der Waals surface area (Å²) in [6.45, 7) is 3.50. The number of allylic oxidation sites excluding steroid dienone is 1. The minimum absolute atomic E-state index is 0.0630. The summed E-state index contributed by atoms with van der Waals surface area (Å²) in [5.41, 5.74) is 2.76. The molecule has 0 radical (unpaired) electrons. The maximum atomic E-state index is 13.8. The van der Waals surface area contributed by atoms with Crippen molar-refractivity contribution in [1.82, 2.24) is 4.31 Å². The largest absolute Gasteiger partial charge is 0.465 e. The zero-order valence-electron chi connectivity index (χ0n) is 24.1. The Bertz CT molecular complexity index is 1880. The number of rotatable bonds is 9. The molecule has 0 unspecified atom stereocenters. The monoisotopic (exact) mass is 650 g/mol. The molecule has 2 heterocycles. The predicted octanol–water partition coefficient (Wildman–Crippen LogP) is 7.16. The third-order valence-electron chi connectivity index (χ3n) is 7.11. The number of methoxy groups -OCH3 is 1. The third kappa shape index (κ3) is 6.51. The number of furan rings is 1. The molecule has 1 amide bonds. The van der Waals surface area contributed by atoms with Crippen molar-refractivity contribution in [2.75, 3.05) is 12.0 Å². The molecule has 0 aliphatic carbocycles. The van der Waals surface area contributed by atoms with Gasteiger partial charge in [0.2, 0.25) is 10.0 Å². The zero-order chi connectivity index (χ0) is 31.6. The van der Waals surface area contributed by atoms with Crippen LogP contribution in [0.25, 0.3) is 6.08 Å². The first-order valence-electron chi connectivity index (χ1n) is 13.5. The van der Waals surface area contributed by atoms with E-state index >= 15 is 0 Å². The highest BCUT2D eigenvalue weighted by molar-refractivity contribution is 7.89. The highest BCUT2D eigenvalue weighted by Gasteiger charge is 2.38. The molecule has 8 nitrogen and oxygen atoms in total. The smallest absolute Gasteiger partial charge is 0.340 e. The Morgan fingerprint density at radius 1 is 0.886 bits per heavy atom. The number of halogens is 2. The van der Waals surface area contributed by atoms with Crippen LogP contribution in [0.15, 0.2) is 111 Å². The van der Waals surface area contributed by atoms with Crippen molar-refractivity contribution in [2.24, 2.45) is 0 Å². The lowest BCUT2D eigenvalue weighted by atomic mass is 10.1. The minimum atomic E-state index is -3.93. The van der Waals surface area contributed by atoms with Crippen LogP contribution >= 0.6 is 23.2 Å². The van der Waals surface area contributed by atoms with Crippen molar-refractivity contribution in [2.45, 2.75) is 31.8 Å². The van der Waals surface area contributed by atoms with Crippen LogP contribution in [0.2, 0.25) is 10.0 Å². The first-order valence-corrected chi connectivity index (χ1v) is 15.7. The average Bonchev–Trinajstić information content (AvgIpc) is 3.55. The van der Waals surface area contributed by atoms with E-state index in [9.17, 15) is 18.0 Å². The van der Waals surface area contributed by atoms with Gasteiger partial charge in [-0.3, -0.25) is 9.69 Å². The van der Waals surface area contributed by atoms with Gasteiger partial charge in [-0.2, -0.15) is 4.31 Å². The lowest BCUT2D eigenvalue weighted by Crippen LogP contribution is -2.30. The minimum Gasteiger partial charge on any atom is -0.465 e. The molecule has 0 bridgehead atoms. The fourth-order valence-corrected chi connectivity index (χ4v) is 6.48. The number of hydrogen-bond acceptors (Lipinski definition) is 6. The lowest BCUT2D eigenvalue weighted by molar-refractivity contribution is -0.136. The van der Waals surface area contributed by atoms with Gasteiger partial charge >= 0.3 is 5.97 Å². The van der Waals surface area contributed by atoms with Crippen LogP contribution in [0.5, 0.6) is 0 Å². The van der Waals surface area contributed by atoms with E-state index in [0.29, 0.717) is 27.2 Å². The van der Waals surface area contributed by atoms with E-state index in [1.54, 1.807) is 91.9 Å². The molecular formula is C33H28Cl2N2O6S. The Morgan fingerprint density at radius 3 is 2.11 bits per heavy atom. The number of carbonyl (C=O) groups is 2. The standard InChI is InChI=1S/C33H28Cl2N2O6S/c1-21-4-16-29(17-5-21)44(40,41)36(19-23-6-8-24(34)9-7-23)20-28-15-14-27(43-28)18-30-31(33(39)42-3)22(2)37(32(30)38)26-12-10-25(35)11-13-26/h4-18H,19-20H2,1-3H3/b30-18+. The van der Waals surface area contributed by atoms with E-state index in [4.69, 9.17) is 32.4 Å². The van der Waals surface area contributed by atoms with Gasteiger partial charge in [0.25, 0.3) is 5.91 Å². The van der Waals surface area contributed by atoms with E-state index < -0.39 is 21.9 Å². The van der Waals surface area contributed by atoms with Gasteiger partial charge in [-0.05, 0) is 86.2 Å². The molecule has 0 saturated carbocycles. The summed E-state index contributed by atoms with van der Waals surface area (Å²) >= 11 is 12.1. The first-order chi connectivity index (χ1) is 21.0. The number of ether oxygens (including phenoxy) is 1. The van der Waals surface area contributed by atoms with Crippen LogP contribution < -0.4 is 4.90 Å². The van der Waals surface area contributed by atoms with E-state index in [0.717, 1.165) is 11.1 Å². The molecule has 11 heteroatoms. The van der Waals surface area contributed by atoms with Gasteiger partial charge in [0, 0.05) is 28.0 Å². The Hall–Kier alpha value is -4.15. The summed E-state index contributed by atoms with van der Waals surface area (Å²) in [6.07, 6.45) is 1.45. The average molecular weight is 652 g/mol. The summed E-state index contributed by atoms with van der Waals surface area (Å²) < 4.78 is 39.8. The van der Waals surface area contributed by atoms with E-state index in [1.807, 2.05) is 6.92 Å². The number of aryl methyl sites for hydroxylation is 1. The summed E-state index contributed by atoms with van der Waals surface area (Å²) in [6, 6.07) is 23.4. The molecule has 1 aromatic heterocycles. The Morgan fingerprint density at radius 2 is 1.50 bits per heavy atom. The molecule has 0 fully saturated rings. The molecule has 0 spiro atoms. The second-order valence-corrected chi connectivity index (χ2v) is 13.0. The van der Waals surface area contributed by atoms with Crippen molar-refractivity contribution < 1.29 is 27.2 Å². The van der Waals surface area contributed by atoms with Gasteiger partial charge < -0.3 is 9.15 Å². The van der Waals surface area contributed by atoms with Crippen LogP contribution in [0.1, 0.15) is 29.6 Å². The van der Waals surface area contributed by atoms with Crippen LogP contribution in [0.4, 0.5) is 5.69 Å². The number of sulfonamides is 1. The maximum absolute atomic E-state index is 13.8. The number of hydrogen-bond donors (Lipinski definition) is 0. The molecule has 1 aliphatic heterocycles. The van der Waals surface area contributed by atoms with Crippen LogP contribution in [-0.2, 0) is 37.4 Å². The number of amides is 1. The molecule has 0 saturated heterocycles. The second-order valence-electron chi connectivity index (χ2n) is 10.1. The molecule has 226 valence electrons. The molecule has 5 rings (SSSR count). The van der Waals surface area contributed by atoms with Crippen molar-refractivity contribution >= 4 is 56.9 Å². The summed E-state index contributed by atoms with van der Waals surface area (Å²) in [5, 5.41) is 1.04. The fraction of sp³-hybridized carbons (Fsp3) is 0.152. The molecule has 44 heavy (non-hydrogen) atoms. The maximum Gasteiger partial charge on any atom is 0.340 e. The molecule has 3 aromatic carbocycles. The zero-order valence-corrected chi connectivity index (χ0v) is 26.4. The predicted molar refractivity (Wildman–Crippen MR) is 169 cm³/mol. The van der Waals surface area contributed by atoms with Crippen LogP contribution in [0, 0.1) is 6.92 Å². The molecule has 0 atom stereocenters. The Kier molecular flexibility index (Phi) is 9.12. The number of benzene rings is 3. The highest BCUT2D eigenvalue weighted by Crippen LogP contribution is 2.36. The number of nitrogens with zero attached hydrogens (tertiary/aromatic N) is 2. The topological polar surface area (TPSA) is 97.1 Å². The molecular weight excluding hydrogens is 623 g/mol. The molecule has 1 aliphatic rings. The SMILES string of the molecule is COC(=O)C1=C(C)N(c2ccc(Cl)cc2)C(=O)/C1=C/c1ccc(CN(Cc2ccc(Cl)cc2)S(=O)(=O)c2ccc(C)cc2)o1. The number of esters is 1. The Balaban J connectivity index is 1.48. The summed E-state index contributed by atoms with van der Waals surface area (Å²) in [4.78, 5) is 27.9. The molecule has 0 N–H and O–H groups in total. The van der Waals surface area contributed by atoms with Crippen LogP contribution in [-0.4, -0.2) is 31.7 Å². The van der Waals surface area contributed by atoms with E-state index in [-0.39, 0.29) is 34.9 Å². The summed E-state index contributed by atoms with van der Waals surface area (Å²) in [7, 11) is -2.69. The van der Waals surface area contributed by atoms with Gasteiger partial charge in [0.05, 0.1) is 29.7 Å². The normalized spacial score (nSPS) is 14.6.